The van der Waals surface area contributed by atoms with Gasteiger partial charge < -0.3 is 10.1 Å². The normalized spacial score (nSPS) is 23.5. The van der Waals surface area contributed by atoms with E-state index in [1.54, 1.807) is 0 Å². The predicted octanol–water partition coefficient (Wildman–Crippen LogP) is 3.33. The molecule has 98 valence electrons. The lowest BCUT2D eigenvalue weighted by atomic mass is 10.00. The third-order valence-corrected chi connectivity index (χ3v) is 4.26. The molecule has 2 aliphatic rings. The third-order valence-electron chi connectivity index (χ3n) is 4.26. The number of hydrogen-bond acceptors (Lipinski definition) is 2. The van der Waals surface area contributed by atoms with Crippen molar-refractivity contribution in [1.29, 1.82) is 0 Å². The van der Waals surface area contributed by atoms with Crippen LogP contribution in [-0.4, -0.2) is 19.2 Å². The number of rotatable bonds is 6. The molecule has 0 aromatic heterocycles. The highest BCUT2D eigenvalue weighted by Gasteiger charge is 2.27. The fraction of sp³-hybridized carbons (Fsp3) is 0.625. The first-order valence-electron chi connectivity index (χ1n) is 7.32. The average molecular weight is 245 g/mol. The Labute approximate surface area is 110 Å². The molecule has 1 fully saturated rings. The van der Waals surface area contributed by atoms with E-state index in [4.69, 9.17) is 4.74 Å². The highest BCUT2D eigenvalue weighted by Crippen LogP contribution is 2.35. The standard InChI is InChI=1S/C16H23NO/c1-2-14(9-12-7-8-12)17-10-13-11-18-16-6-4-3-5-15(13)16/h3-6,12-14,17H,2,7-11H2,1H3. The van der Waals surface area contributed by atoms with E-state index in [0.717, 1.165) is 24.8 Å². The summed E-state index contributed by atoms with van der Waals surface area (Å²) in [4.78, 5) is 0. The number of fused-ring (bicyclic) bond motifs is 1. The molecular formula is C16H23NO. The Morgan fingerprint density at radius 1 is 1.33 bits per heavy atom. The zero-order valence-electron chi connectivity index (χ0n) is 11.2. The van der Waals surface area contributed by atoms with Gasteiger partial charge in [-0.25, -0.2) is 0 Å². The Balaban J connectivity index is 1.54. The molecule has 0 radical (unpaired) electrons. The Bertz CT molecular complexity index is 400. The molecule has 1 aromatic rings. The van der Waals surface area contributed by atoms with Crippen LogP contribution in [0.1, 0.15) is 44.1 Å². The molecule has 2 nitrogen and oxygen atoms in total. The van der Waals surface area contributed by atoms with Crippen LogP contribution in [-0.2, 0) is 0 Å². The summed E-state index contributed by atoms with van der Waals surface area (Å²) in [5.74, 6) is 2.63. The predicted molar refractivity (Wildman–Crippen MR) is 74.1 cm³/mol. The molecule has 0 spiro atoms. The topological polar surface area (TPSA) is 21.3 Å². The summed E-state index contributed by atoms with van der Waals surface area (Å²) in [5.41, 5.74) is 1.38. The van der Waals surface area contributed by atoms with Gasteiger partial charge in [-0.3, -0.25) is 0 Å². The van der Waals surface area contributed by atoms with Crippen LogP contribution in [0.25, 0.3) is 0 Å². The number of nitrogens with one attached hydrogen (secondary N) is 1. The van der Waals surface area contributed by atoms with Crippen molar-refractivity contribution in [3.63, 3.8) is 0 Å². The van der Waals surface area contributed by atoms with Gasteiger partial charge >= 0.3 is 0 Å². The van der Waals surface area contributed by atoms with Crippen LogP contribution in [0.15, 0.2) is 24.3 Å². The quantitative estimate of drug-likeness (QED) is 0.830. The van der Waals surface area contributed by atoms with Gasteiger partial charge in [-0.2, -0.15) is 0 Å². The van der Waals surface area contributed by atoms with E-state index in [1.807, 2.05) is 0 Å². The summed E-state index contributed by atoms with van der Waals surface area (Å²) in [6, 6.07) is 9.15. The fourth-order valence-electron chi connectivity index (χ4n) is 2.86. The lowest BCUT2D eigenvalue weighted by molar-refractivity contribution is 0.318. The summed E-state index contributed by atoms with van der Waals surface area (Å²) >= 11 is 0. The molecule has 1 aliphatic heterocycles. The summed E-state index contributed by atoms with van der Waals surface area (Å²) < 4.78 is 5.73. The van der Waals surface area contributed by atoms with E-state index >= 15 is 0 Å². The maximum Gasteiger partial charge on any atom is 0.122 e. The van der Waals surface area contributed by atoms with Crippen LogP contribution in [0, 0.1) is 5.92 Å². The van der Waals surface area contributed by atoms with E-state index < -0.39 is 0 Å². The molecule has 1 heterocycles. The number of para-hydroxylation sites is 1. The monoisotopic (exact) mass is 245 g/mol. The van der Waals surface area contributed by atoms with Crippen molar-refractivity contribution in [3.8, 4) is 5.75 Å². The van der Waals surface area contributed by atoms with Gasteiger partial charge in [-0.1, -0.05) is 38.0 Å². The Kier molecular flexibility index (Phi) is 3.55. The van der Waals surface area contributed by atoms with E-state index in [0.29, 0.717) is 12.0 Å². The molecule has 0 bridgehead atoms. The van der Waals surface area contributed by atoms with Gasteiger partial charge in [0.1, 0.15) is 5.75 Å². The highest BCUT2D eigenvalue weighted by atomic mass is 16.5. The largest absolute Gasteiger partial charge is 0.493 e. The molecule has 2 unspecified atom stereocenters. The molecular weight excluding hydrogens is 222 g/mol. The average Bonchev–Trinajstić information content (AvgIpc) is 3.13. The lowest BCUT2D eigenvalue weighted by Crippen LogP contribution is -2.33. The minimum absolute atomic E-state index is 0.537. The van der Waals surface area contributed by atoms with E-state index in [2.05, 4.69) is 36.5 Å². The second-order valence-electron chi connectivity index (χ2n) is 5.74. The van der Waals surface area contributed by atoms with Crippen LogP contribution in [0.4, 0.5) is 0 Å². The zero-order chi connectivity index (χ0) is 12.4. The van der Waals surface area contributed by atoms with Gasteiger partial charge in [-0.05, 0) is 24.8 Å². The minimum Gasteiger partial charge on any atom is -0.493 e. The Hall–Kier alpha value is -1.02. The first kappa shape index (κ1) is 12.0. The molecule has 3 rings (SSSR count). The van der Waals surface area contributed by atoms with Crippen LogP contribution in [0.5, 0.6) is 5.75 Å². The van der Waals surface area contributed by atoms with Gasteiger partial charge in [0.15, 0.2) is 0 Å². The number of hydrogen-bond donors (Lipinski definition) is 1. The second kappa shape index (κ2) is 5.31. The lowest BCUT2D eigenvalue weighted by Gasteiger charge is -2.19. The minimum atomic E-state index is 0.537. The fourth-order valence-corrected chi connectivity index (χ4v) is 2.86. The van der Waals surface area contributed by atoms with Gasteiger partial charge in [0.05, 0.1) is 6.61 Å². The van der Waals surface area contributed by atoms with Crippen LogP contribution >= 0.6 is 0 Å². The SMILES string of the molecule is CCC(CC1CC1)NCC1COc2ccccc21. The molecule has 0 saturated heterocycles. The Morgan fingerprint density at radius 3 is 2.94 bits per heavy atom. The van der Waals surface area contributed by atoms with E-state index in [9.17, 15) is 0 Å². The number of ether oxygens (including phenoxy) is 1. The Morgan fingerprint density at radius 2 is 2.17 bits per heavy atom. The van der Waals surface area contributed by atoms with Crippen molar-refractivity contribution < 1.29 is 4.74 Å². The van der Waals surface area contributed by atoms with Crippen LogP contribution < -0.4 is 10.1 Å². The maximum absolute atomic E-state index is 5.73. The molecule has 1 aliphatic carbocycles. The van der Waals surface area contributed by atoms with Crippen molar-refractivity contribution in [2.75, 3.05) is 13.2 Å². The second-order valence-corrected chi connectivity index (χ2v) is 5.74. The van der Waals surface area contributed by atoms with Crippen molar-refractivity contribution in [1.82, 2.24) is 5.32 Å². The van der Waals surface area contributed by atoms with Gasteiger partial charge in [0.2, 0.25) is 0 Å². The molecule has 1 aromatic carbocycles. The maximum atomic E-state index is 5.73. The zero-order valence-corrected chi connectivity index (χ0v) is 11.2. The molecule has 0 amide bonds. The van der Waals surface area contributed by atoms with Crippen molar-refractivity contribution in [2.45, 2.75) is 44.6 Å². The van der Waals surface area contributed by atoms with Gasteiger partial charge in [0.25, 0.3) is 0 Å². The van der Waals surface area contributed by atoms with Crippen LogP contribution in [0.2, 0.25) is 0 Å². The third kappa shape index (κ3) is 2.69. The molecule has 2 heteroatoms. The molecule has 1 saturated carbocycles. The molecule has 1 N–H and O–H groups in total. The first-order valence-corrected chi connectivity index (χ1v) is 7.32. The first-order chi connectivity index (χ1) is 8.86. The molecule has 18 heavy (non-hydrogen) atoms. The van der Waals surface area contributed by atoms with Crippen molar-refractivity contribution in [3.05, 3.63) is 29.8 Å². The van der Waals surface area contributed by atoms with E-state index in [-0.39, 0.29) is 0 Å². The van der Waals surface area contributed by atoms with Crippen molar-refractivity contribution >= 4 is 0 Å². The van der Waals surface area contributed by atoms with Gasteiger partial charge in [-0.15, -0.1) is 0 Å². The summed E-state index contributed by atoms with van der Waals surface area (Å²) in [5, 5.41) is 3.74. The summed E-state index contributed by atoms with van der Waals surface area (Å²) in [7, 11) is 0. The smallest absolute Gasteiger partial charge is 0.122 e. The van der Waals surface area contributed by atoms with E-state index in [1.165, 1.54) is 31.2 Å². The summed E-state index contributed by atoms with van der Waals surface area (Å²) in [6.07, 6.45) is 5.51. The summed E-state index contributed by atoms with van der Waals surface area (Å²) in [6.45, 7) is 4.19. The highest BCUT2D eigenvalue weighted by molar-refractivity contribution is 5.39. The van der Waals surface area contributed by atoms with Gasteiger partial charge in [0, 0.05) is 24.1 Å². The van der Waals surface area contributed by atoms with Crippen molar-refractivity contribution in [2.24, 2.45) is 5.92 Å². The number of benzene rings is 1. The molecule has 2 atom stereocenters. The van der Waals surface area contributed by atoms with Crippen LogP contribution in [0.3, 0.4) is 0 Å².